The lowest BCUT2D eigenvalue weighted by Gasteiger charge is -2.04. The summed E-state index contributed by atoms with van der Waals surface area (Å²) in [6, 6.07) is 7.65. The molecule has 0 aliphatic carbocycles. The van der Waals surface area contributed by atoms with Gasteiger partial charge in [-0.1, -0.05) is 12.1 Å². The lowest BCUT2D eigenvalue weighted by atomic mass is 10.2. The Kier molecular flexibility index (Phi) is 3.28. The van der Waals surface area contributed by atoms with Gasteiger partial charge in [-0.3, -0.25) is 10.0 Å². The van der Waals surface area contributed by atoms with Crippen LogP contribution in [0.15, 0.2) is 24.3 Å². The average Bonchev–Trinajstić information content (AvgIpc) is 2.14. The second-order valence-corrected chi connectivity index (χ2v) is 2.76. The molecule has 13 heavy (non-hydrogen) atoms. The standard InChI is InChI=1S/C9H12N2O2/c1-7-3-2-4-8(5-7)10-6-9(12)11-13/h2-5,10,13H,6H2,1H3,(H,11,12). The maximum absolute atomic E-state index is 10.6. The van der Waals surface area contributed by atoms with Gasteiger partial charge in [-0.05, 0) is 24.6 Å². The van der Waals surface area contributed by atoms with Gasteiger partial charge in [0.2, 0.25) is 0 Å². The molecule has 0 aliphatic heterocycles. The molecule has 0 unspecified atom stereocenters. The number of hydrogen-bond donors (Lipinski definition) is 3. The minimum atomic E-state index is -0.457. The van der Waals surface area contributed by atoms with Gasteiger partial charge >= 0.3 is 0 Å². The molecular weight excluding hydrogens is 168 g/mol. The van der Waals surface area contributed by atoms with Crippen LogP contribution in [0.3, 0.4) is 0 Å². The number of hydroxylamine groups is 1. The fourth-order valence-corrected chi connectivity index (χ4v) is 0.977. The van der Waals surface area contributed by atoms with E-state index >= 15 is 0 Å². The number of carbonyl (C=O) groups is 1. The van der Waals surface area contributed by atoms with Crippen LogP contribution in [-0.4, -0.2) is 17.7 Å². The van der Waals surface area contributed by atoms with Crippen LogP contribution in [0, 0.1) is 6.92 Å². The maximum Gasteiger partial charge on any atom is 0.262 e. The Morgan fingerprint density at radius 3 is 2.92 bits per heavy atom. The Morgan fingerprint density at radius 1 is 1.54 bits per heavy atom. The summed E-state index contributed by atoms with van der Waals surface area (Å²) in [7, 11) is 0. The number of anilines is 1. The third kappa shape index (κ3) is 3.13. The molecule has 0 bridgehead atoms. The van der Waals surface area contributed by atoms with Crippen molar-refractivity contribution in [3.63, 3.8) is 0 Å². The summed E-state index contributed by atoms with van der Waals surface area (Å²) < 4.78 is 0. The number of aryl methyl sites for hydroxylation is 1. The molecule has 0 heterocycles. The summed E-state index contributed by atoms with van der Waals surface area (Å²) >= 11 is 0. The number of amides is 1. The molecule has 0 aliphatic rings. The van der Waals surface area contributed by atoms with Crippen LogP contribution >= 0.6 is 0 Å². The summed E-state index contributed by atoms with van der Waals surface area (Å²) in [5, 5.41) is 11.1. The predicted octanol–water partition coefficient (Wildman–Crippen LogP) is 0.912. The first-order valence-electron chi connectivity index (χ1n) is 3.96. The van der Waals surface area contributed by atoms with Gasteiger partial charge in [-0.15, -0.1) is 0 Å². The van der Waals surface area contributed by atoms with Crippen LogP contribution in [0.25, 0.3) is 0 Å². The van der Waals surface area contributed by atoms with Crippen LogP contribution in [0.1, 0.15) is 5.56 Å². The molecule has 1 aromatic carbocycles. The van der Waals surface area contributed by atoms with Crippen LogP contribution in [0.5, 0.6) is 0 Å². The number of benzene rings is 1. The van der Waals surface area contributed by atoms with Gasteiger partial charge in [0.15, 0.2) is 0 Å². The first kappa shape index (κ1) is 9.54. The molecule has 0 spiro atoms. The Labute approximate surface area is 76.5 Å². The van der Waals surface area contributed by atoms with E-state index in [4.69, 9.17) is 5.21 Å². The van der Waals surface area contributed by atoms with E-state index < -0.39 is 5.91 Å². The average molecular weight is 180 g/mol. The molecule has 3 N–H and O–H groups in total. The molecule has 0 saturated heterocycles. The molecule has 0 saturated carbocycles. The molecule has 0 fully saturated rings. The van der Waals surface area contributed by atoms with E-state index in [-0.39, 0.29) is 6.54 Å². The molecule has 1 aromatic rings. The van der Waals surface area contributed by atoms with Crippen molar-refractivity contribution in [3.8, 4) is 0 Å². The highest BCUT2D eigenvalue weighted by Gasteiger charge is 1.97. The zero-order chi connectivity index (χ0) is 9.68. The zero-order valence-corrected chi connectivity index (χ0v) is 7.37. The fraction of sp³-hybridized carbons (Fsp3) is 0.222. The molecule has 0 atom stereocenters. The first-order valence-corrected chi connectivity index (χ1v) is 3.96. The lowest BCUT2D eigenvalue weighted by Crippen LogP contribution is -2.26. The minimum absolute atomic E-state index is 0.0694. The normalized spacial score (nSPS) is 9.38. The van der Waals surface area contributed by atoms with E-state index in [9.17, 15) is 4.79 Å². The van der Waals surface area contributed by atoms with Crippen molar-refractivity contribution >= 4 is 11.6 Å². The largest absolute Gasteiger partial charge is 0.376 e. The van der Waals surface area contributed by atoms with Crippen molar-refractivity contribution in [3.05, 3.63) is 29.8 Å². The van der Waals surface area contributed by atoms with E-state index in [1.54, 1.807) is 5.48 Å². The van der Waals surface area contributed by atoms with Gasteiger partial charge < -0.3 is 5.32 Å². The van der Waals surface area contributed by atoms with Gasteiger partial charge in [0.25, 0.3) is 5.91 Å². The van der Waals surface area contributed by atoms with E-state index in [0.717, 1.165) is 11.3 Å². The summed E-state index contributed by atoms with van der Waals surface area (Å²) in [6.45, 7) is 2.04. The molecule has 70 valence electrons. The second kappa shape index (κ2) is 4.47. The summed E-state index contributed by atoms with van der Waals surface area (Å²) in [4.78, 5) is 10.6. The predicted molar refractivity (Wildman–Crippen MR) is 49.6 cm³/mol. The molecule has 0 aromatic heterocycles. The Morgan fingerprint density at radius 2 is 2.31 bits per heavy atom. The first-order chi connectivity index (χ1) is 6.22. The zero-order valence-electron chi connectivity index (χ0n) is 7.37. The summed E-state index contributed by atoms with van der Waals surface area (Å²) in [6.07, 6.45) is 0. The molecular formula is C9H12N2O2. The molecule has 1 amide bonds. The number of carbonyl (C=O) groups excluding carboxylic acids is 1. The van der Waals surface area contributed by atoms with Crippen LogP contribution in [-0.2, 0) is 4.79 Å². The monoisotopic (exact) mass is 180 g/mol. The molecule has 4 heteroatoms. The molecule has 4 nitrogen and oxygen atoms in total. The van der Waals surface area contributed by atoms with Gasteiger partial charge in [-0.2, -0.15) is 0 Å². The van der Waals surface area contributed by atoms with Crippen LogP contribution in [0.2, 0.25) is 0 Å². The van der Waals surface area contributed by atoms with Crippen LogP contribution in [0.4, 0.5) is 5.69 Å². The number of rotatable bonds is 3. The quantitative estimate of drug-likeness (QED) is 0.478. The Hall–Kier alpha value is -1.55. The van der Waals surface area contributed by atoms with Crippen molar-refractivity contribution in [1.29, 1.82) is 0 Å². The smallest absolute Gasteiger partial charge is 0.262 e. The minimum Gasteiger partial charge on any atom is -0.376 e. The van der Waals surface area contributed by atoms with Crippen molar-refractivity contribution < 1.29 is 10.0 Å². The van der Waals surface area contributed by atoms with Gasteiger partial charge in [0, 0.05) is 5.69 Å². The molecule has 0 radical (unpaired) electrons. The second-order valence-electron chi connectivity index (χ2n) is 2.76. The van der Waals surface area contributed by atoms with Crippen molar-refractivity contribution in [2.75, 3.05) is 11.9 Å². The van der Waals surface area contributed by atoms with Crippen molar-refractivity contribution in [2.24, 2.45) is 0 Å². The maximum atomic E-state index is 10.6. The third-order valence-corrected chi connectivity index (χ3v) is 1.60. The molecule has 1 rings (SSSR count). The highest BCUT2D eigenvalue weighted by atomic mass is 16.5. The highest BCUT2D eigenvalue weighted by Crippen LogP contribution is 2.08. The van der Waals surface area contributed by atoms with E-state index in [1.807, 2.05) is 31.2 Å². The van der Waals surface area contributed by atoms with Gasteiger partial charge in [0.1, 0.15) is 0 Å². The topological polar surface area (TPSA) is 61.4 Å². The van der Waals surface area contributed by atoms with Crippen LogP contribution < -0.4 is 10.8 Å². The number of nitrogens with one attached hydrogen (secondary N) is 2. The lowest BCUT2D eigenvalue weighted by molar-refractivity contribution is -0.127. The Balaban J connectivity index is 2.50. The van der Waals surface area contributed by atoms with Gasteiger partial charge in [-0.25, -0.2) is 5.48 Å². The van der Waals surface area contributed by atoms with Gasteiger partial charge in [0.05, 0.1) is 6.54 Å². The van der Waals surface area contributed by atoms with E-state index in [1.165, 1.54) is 0 Å². The van der Waals surface area contributed by atoms with E-state index in [2.05, 4.69) is 5.32 Å². The van der Waals surface area contributed by atoms with Crippen molar-refractivity contribution in [1.82, 2.24) is 5.48 Å². The fourth-order valence-electron chi connectivity index (χ4n) is 0.977. The Bertz CT molecular complexity index is 299. The summed E-state index contributed by atoms with van der Waals surface area (Å²) in [5.74, 6) is -0.457. The summed E-state index contributed by atoms with van der Waals surface area (Å²) in [5.41, 5.74) is 3.53. The van der Waals surface area contributed by atoms with E-state index in [0.29, 0.717) is 0 Å². The highest BCUT2D eigenvalue weighted by molar-refractivity contribution is 5.79. The third-order valence-electron chi connectivity index (χ3n) is 1.60. The number of hydrogen-bond acceptors (Lipinski definition) is 3. The van der Waals surface area contributed by atoms with Crippen molar-refractivity contribution in [2.45, 2.75) is 6.92 Å². The SMILES string of the molecule is Cc1cccc(NCC(=O)NO)c1.